The van der Waals surface area contributed by atoms with Crippen LogP contribution in [0.3, 0.4) is 0 Å². The van der Waals surface area contributed by atoms with Crippen molar-refractivity contribution in [2.45, 2.75) is 25.3 Å². The highest BCUT2D eigenvalue weighted by molar-refractivity contribution is 6.30. The minimum Gasteiger partial charge on any atom is -0.496 e. The van der Waals surface area contributed by atoms with Crippen LogP contribution in [-0.4, -0.2) is 30.1 Å². The average molecular weight is 298 g/mol. The number of hydrogen-bond acceptors (Lipinski definition) is 3. The van der Waals surface area contributed by atoms with Crippen molar-refractivity contribution in [1.82, 2.24) is 5.32 Å². The summed E-state index contributed by atoms with van der Waals surface area (Å²) < 4.78 is 5.16. The number of methoxy groups -OCH3 is 1. The summed E-state index contributed by atoms with van der Waals surface area (Å²) in [5.41, 5.74) is 0.637. The Hall–Kier alpha value is -1.75. The van der Waals surface area contributed by atoms with Gasteiger partial charge in [0.05, 0.1) is 13.5 Å². The molecule has 2 rings (SSSR count). The second-order valence-corrected chi connectivity index (χ2v) is 5.29. The van der Waals surface area contributed by atoms with Crippen molar-refractivity contribution in [3.05, 3.63) is 28.8 Å². The van der Waals surface area contributed by atoms with Gasteiger partial charge in [-0.25, -0.2) is 4.79 Å². The summed E-state index contributed by atoms with van der Waals surface area (Å²) in [5.74, 6) is -0.718. The molecule has 0 heterocycles. The van der Waals surface area contributed by atoms with Gasteiger partial charge in [-0.1, -0.05) is 11.6 Å². The van der Waals surface area contributed by atoms with Crippen LogP contribution >= 0.6 is 11.6 Å². The maximum absolute atomic E-state index is 12.0. The molecule has 1 aromatic rings. The van der Waals surface area contributed by atoms with Crippen molar-refractivity contribution in [1.29, 1.82) is 0 Å². The van der Waals surface area contributed by atoms with Crippen molar-refractivity contribution in [2.24, 2.45) is 5.92 Å². The predicted octanol–water partition coefficient (Wildman–Crippen LogP) is 1.87. The van der Waals surface area contributed by atoms with Crippen molar-refractivity contribution >= 4 is 23.5 Å². The number of benzene rings is 1. The topological polar surface area (TPSA) is 75.6 Å². The molecule has 1 saturated carbocycles. The molecule has 0 saturated heterocycles. The molecule has 1 unspecified atom stereocenters. The van der Waals surface area contributed by atoms with E-state index < -0.39 is 12.0 Å². The van der Waals surface area contributed by atoms with Crippen molar-refractivity contribution in [3.8, 4) is 5.75 Å². The van der Waals surface area contributed by atoms with E-state index in [1.54, 1.807) is 18.2 Å². The molecule has 0 radical (unpaired) electrons. The number of hydrogen-bond donors (Lipinski definition) is 2. The molecule has 5 nitrogen and oxygen atoms in total. The molecule has 1 atom stereocenters. The Morgan fingerprint density at radius 1 is 1.50 bits per heavy atom. The normalized spacial score (nSPS) is 15.5. The zero-order chi connectivity index (χ0) is 14.7. The lowest BCUT2D eigenvalue weighted by atomic mass is 10.1. The lowest BCUT2D eigenvalue weighted by Crippen LogP contribution is -2.43. The van der Waals surface area contributed by atoms with Crippen molar-refractivity contribution in [3.63, 3.8) is 0 Å². The predicted molar refractivity (Wildman–Crippen MR) is 74.0 cm³/mol. The summed E-state index contributed by atoms with van der Waals surface area (Å²) in [6.45, 7) is 0. The molecule has 1 aliphatic rings. The molecule has 0 aromatic heterocycles. The number of carboxylic acid groups (broad SMARTS) is 1. The second kappa shape index (κ2) is 6.13. The summed E-state index contributed by atoms with van der Waals surface area (Å²) >= 11 is 5.89. The smallest absolute Gasteiger partial charge is 0.326 e. The van der Waals surface area contributed by atoms with Crippen LogP contribution in [-0.2, 0) is 16.0 Å². The summed E-state index contributed by atoms with van der Waals surface area (Å²) in [6.07, 6.45) is 1.73. The van der Waals surface area contributed by atoms with E-state index in [9.17, 15) is 9.59 Å². The van der Waals surface area contributed by atoms with E-state index in [4.69, 9.17) is 21.4 Å². The van der Waals surface area contributed by atoms with Gasteiger partial charge in [0.25, 0.3) is 0 Å². The summed E-state index contributed by atoms with van der Waals surface area (Å²) in [4.78, 5) is 23.1. The van der Waals surface area contributed by atoms with Crippen LogP contribution in [0.4, 0.5) is 0 Å². The van der Waals surface area contributed by atoms with Crippen LogP contribution in [0, 0.1) is 5.92 Å². The zero-order valence-corrected chi connectivity index (χ0v) is 11.8. The first-order chi connectivity index (χ1) is 9.51. The number of amides is 1. The molecule has 2 N–H and O–H groups in total. The molecule has 6 heteroatoms. The minimum absolute atomic E-state index is 0.0419. The van der Waals surface area contributed by atoms with E-state index in [0.717, 1.165) is 12.8 Å². The van der Waals surface area contributed by atoms with Crippen molar-refractivity contribution < 1.29 is 19.4 Å². The standard InChI is InChI=1S/C14H16ClNO4/c1-20-11-5-4-10(15)6-9(11)7-12(17)16-13(14(18)19)8-2-3-8/h4-6,8,13H,2-3,7H2,1H3,(H,16,17)(H,18,19). The first kappa shape index (κ1) is 14.7. The van der Waals surface area contributed by atoms with Crippen LogP contribution in [0.1, 0.15) is 18.4 Å². The fourth-order valence-electron chi connectivity index (χ4n) is 2.09. The number of carboxylic acids is 1. The second-order valence-electron chi connectivity index (χ2n) is 4.85. The quantitative estimate of drug-likeness (QED) is 0.840. The molecule has 1 fully saturated rings. The van der Waals surface area contributed by atoms with Gasteiger partial charge in [-0.2, -0.15) is 0 Å². The third-order valence-electron chi connectivity index (χ3n) is 3.27. The first-order valence-electron chi connectivity index (χ1n) is 6.36. The van der Waals surface area contributed by atoms with Gasteiger partial charge in [0, 0.05) is 10.6 Å². The van der Waals surface area contributed by atoms with Crippen LogP contribution in [0.25, 0.3) is 0 Å². The molecular weight excluding hydrogens is 282 g/mol. The zero-order valence-electron chi connectivity index (χ0n) is 11.1. The molecule has 1 aliphatic carbocycles. The Kier molecular flexibility index (Phi) is 4.49. The van der Waals surface area contributed by atoms with E-state index in [1.807, 2.05) is 0 Å². The Morgan fingerprint density at radius 2 is 2.20 bits per heavy atom. The Morgan fingerprint density at radius 3 is 2.75 bits per heavy atom. The van der Waals surface area contributed by atoms with E-state index in [2.05, 4.69) is 5.32 Å². The van der Waals surface area contributed by atoms with Crippen LogP contribution in [0.15, 0.2) is 18.2 Å². The van der Waals surface area contributed by atoms with E-state index in [1.165, 1.54) is 7.11 Å². The fraction of sp³-hybridized carbons (Fsp3) is 0.429. The molecule has 108 valence electrons. The molecule has 0 spiro atoms. The number of nitrogens with one attached hydrogen (secondary N) is 1. The Labute approximate surface area is 121 Å². The molecule has 0 bridgehead atoms. The van der Waals surface area contributed by atoms with Gasteiger partial charge in [0.2, 0.25) is 5.91 Å². The van der Waals surface area contributed by atoms with Crippen LogP contribution < -0.4 is 10.1 Å². The number of ether oxygens (including phenoxy) is 1. The number of carbonyl (C=O) groups excluding carboxylic acids is 1. The van der Waals surface area contributed by atoms with Gasteiger partial charge in [-0.05, 0) is 37.0 Å². The lowest BCUT2D eigenvalue weighted by molar-refractivity contribution is -0.142. The largest absolute Gasteiger partial charge is 0.496 e. The summed E-state index contributed by atoms with van der Waals surface area (Å²) in [7, 11) is 1.51. The maximum Gasteiger partial charge on any atom is 0.326 e. The third-order valence-corrected chi connectivity index (χ3v) is 3.50. The van der Waals surface area contributed by atoms with Gasteiger partial charge < -0.3 is 15.2 Å². The lowest BCUT2D eigenvalue weighted by Gasteiger charge is -2.14. The number of rotatable bonds is 6. The van der Waals surface area contributed by atoms with Crippen LogP contribution in [0.5, 0.6) is 5.75 Å². The maximum atomic E-state index is 12.0. The SMILES string of the molecule is COc1ccc(Cl)cc1CC(=O)NC(C(=O)O)C1CC1. The number of aliphatic carboxylic acids is 1. The van der Waals surface area contributed by atoms with Gasteiger partial charge in [-0.3, -0.25) is 4.79 Å². The monoisotopic (exact) mass is 297 g/mol. The highest BCUT2D eigenvalue weighted by atomic mass is 35.5. The van der Waals surface area contributed by atoms with Gasteiger partial charge in [-0.15, -0.1) is 0 Å². The first-order valence-corrected chi connectivity index (χ1v) is 6.73. The summed E-state index contributed by atoms with van der Waals surface area (Å²) in [5, 5.41) is 12.1. The Balaban J connectivity index is 2.03. The molecule has 0 aliphatic heterocycles. The Bertz CT molecular complexity index is 528. The van der Waals surface area contributed by atoms with Crippen molar-refractivity contribution in [2.75, 3.05) is 7.11 Å². The average Bonchev–Trinajstić information content (AvgIpc) is 3.20. The fourth-order valence-corrected chi connectivity index (χ4v) is 2.29. The minimum atomic E-state index is -0.987. The van der Waals surface area contributed by atoms with Gasteiger partial charge in [0.1, 0.15) is 11.8 Å². The highest BCUT2D eigenvalue weighted by Crippen LogP contribution is 2.33. The highest BCUT2D eigenvalue weighted by Gasteiger charge is 2.37. The molecular formula is C14H16ClNO4. The van der Waals surface area contributed by atoms with E-state index in [-0.39, 0.29) is 18.2 Å². The molecule has 1 amide bonds. The molecule has 1 aromatic carbocycles. The third kappa shape index (κ3) is 3.63. The van der Waals surface area contributed by atoms with E-state index >= 15 is 0 Å². The number of halogens is 1. The van der Waals surface area contributed by atoms with E-state index in [0.29, 0.717) is 16.3 Å². The number of carbonyl (C=O) groups is 2. The molecule has 20 heavy (non-hydrogen) atoms. The van der Waals surface area contributed by atoms with Gasteiger partial charge in [0.15, 0.2) is 0 Å². The van der Waals surface area contributed by atoms with Crippen LogP contribution in [0.2, 0.25) is 5.02 Å². The summed E-state index contributed by atoms with van der Waals surface area (Å²) in [6, 6.07) is 4.20. The van der Waals surface area contributed by atoms with Gasteiger partial charge >= 0.3 is 5.97 Å².